The van der Waals surface area contributed by atoms with Gasteiger partial charge in [-0.1, -0.05) is 0 Å². The normalized spacial score (nSPS) is 22.5. The Balaban J connectivity index is 2.34. The van der Waals surface area contributed by atoms with Crippen LogP contribution in [0.5, 0.6) is 0 Å². The lowest BCUT2D eigenvalue weighted by atomic mass is 10.1. The number of β-amino-alcohol motifs (C(OH)–C–C–N with tert-alkyl or cyclic N) is 1. The van der Waals surface area contributed by atoms with Gasteiger partial charge in [-0.05, 0) is 19.1 Å². The van der Waals surface area contributed by atoms with Gasteiger partial charge < -0.3 is 15.1 Å². The van der Waals surface area contributed by atoms with Gasteiger partial charge >= 0.3 is 5.97 Å². The zero-order valence-electron chi connectivity index (χ0n) is 10.3. The first-order valence-electron chi connectivity index (χ1n) is 5.82. The standard InChI is InChI=1S/C12H14N2O5/c1-7-4-8(2-3-10(7)14(18)19)13-6-9(15)5-11(13)12(16)17/h2-4,9,11,15H,5-6H2,1H3,(H,16,17)/t9-,11-/m1/s1. The van der Waals surface area contributed by atoms with Crippen LogP contribution in [0.3, 0.4) is 0 Å². The molecule has 19 heavy (non-hydrogen) atoms. The van der Waals surface area contributed by atoms with Crippen LogP contribution >= 0.6 is 0 Å². The van der Waals surface area contributed by atoms with E-state index in [-0.39, 0.29) is 18.7 Å². The molecule has 0 spiro atoms. The lowest BCUT2D eigenvalue weighted by Crippen LogP contribution is -2.36. The van der Waals surface area contributed by atoms with E-state index in [1.165, 1.54) is 12.1 Å². The number of hydrogen-bond donors (Lipinski definition) is 2. The largest absolute Gasteiger partial charge is 0.480 e. The van der Waals surface area contributed by atoms with Gasteiger partial charge in [0.15, 0.2) is 0 Å². The van der Waals surface area contributed by atoms with E-state index in [1.807, 2.05) is 0 Å². The number of nitrogens with zero attached hydrogens (tertiary/aromatic N) is 2. The summed E-state index contributed by atoms with van der Waals surface area (Å²) in [6, 6.07) is 3.65. The molecule has 2 rings (SSSR count). The zero-order valence-corrected chi connectivity index (χ0v) is 10.3. The van der Waals surface area contributed by atoms with Gasteiger partial charge in [0.2, 0.25) is 0 Å². The lowest BCUT2D eigenvalue weighted by molar-refractivity contribution is -0.385. The molecule has 1 aliphatic heterocycles. The Bertz CT molecular complexity index is 531. The second-order valence-electron chi connectivity index (χ2n) is 4.62. The predicted molar refractivity (Wildman–Crippen MR) is 67.2 cm³/mol. The van der Waals surface area contributed by atoms with Crippen LogP contribution in [0.4, 0.5) is 11.4 Å². The van der Waals surface area contributed by atoms with Crippen LogP contribution in [-0.4, -0.2) is 39.8 Å². The number of nitro benzene ring substituents is 1. The highest BCUT2D eigenvalue weighted by Gasteiger charge is 2.36. The molecule has 0 bridgehead atoms. The number of nitro groups is 1. The first-order valence-corrected chi connectivity index (χ1v) is 5.82. The molecule has 1 heterocycles. The van der Waals surface area contributed by atoms with Crippen LogP contribution in [0.1, 0.15) is 12.0 Å². The van der Waals surface area contributed by atoms with Gasteiger partial charge in [0, 0.05) is 30.3 Å². The monoisotopic (exact) mass is 266 g/mol. The van der Waals surface area contributed by atoms with Crippen molar-refractivity contribution >= 4 is 17.3 Å². The molecule has 0 aromatic heterocycles. The highest BCUT2D eigenvalue weighted by Crippen LogP contribution is 2.29. The van der Waals surface area contributed by atoms with Crippen molar-refractivity contribution in [2.24, 2.45) is 0 Å². The van der Waals surface area contributed by atoms with Crippen molar-refractivity contribution in [2.75, 3.05) is 11.4 Å². The zero-order chi connectivity index (χ0) is 14.2. The van der Waals surface area contributed by atoms with Gasteiger partial charge in [-0.15, -0.1) is 0 Å². The maximum absolute atomic E-state index is 11.1. The fourth-order valence-electron chi connectivity index (χ4n) is 2.36. The first kappa shape index (κ1) is 13.3. The molecule has 7 heteroatoms. The Morgan fingerprint density at radius 2 is 2.21 bits per heavy atom. The number of hydrogen-bond acceptors (Lipinski definition) is 5. The number of rotatable bonds is 3. The van der Waals surface area contributed by atoms with Gasteiger partial charge in [0.25, 0.3) is 5.69 Å². The van der Waals surface area contributed by atoms with Crippen LogP contribution in [-0.2, 0) is 4.79 Å². The van der Waals surface area contributed by atoms with Crippen molar-refractivity contribution in [3.05, 3.63) is 33.9 Å². The molecule has 1 aliphatic rings. The first-order chi connectivity index (χ1) is 8.90. The Morgan fingerprint density at radius 1 is 1.53 bits per heavy atom. The summed E-state index contributed by atoms with van der Waals surface area (Å²) in [6.45, 7) is 1.82. The summed E-state index contributed by atoms with van der Waals surface area (Å²) in [5.41, 5.74) is 1.04. The van der Waals surface area contributed by atoms with E-state index in [2.05, 4.69) is 0 Å². The minimum absolute atomic E-state index is 0.00429. The van der Waals surface area contributed by atoms with Gasteiger partial charge in [0.1, 0.15) is 6.04 Å². The minimum Gasteiger partial charge on any atom is -0.480 e. The highest BCUT2D eigenvalue weighted by molar-refractivity contribution is 5.79. The number of carboxylic acids is 1. The van der Waals surface area contributed by atoms with Crippen LogP contribution in [0.25, 0.3) is 0 Å². The van der Waals surface area contributed by atoms with Gasteiger partial charge in [-0.2, -0.15) is 0 Å². The molecule has 2 N–H and O–H groups in total. The molecule has 0 saturated carbocycles. The third-order valence-electron chi connectivity index (χ3n) is 3.27. The summed E-state index contributed by atoms with van der Waals surface area (Å²) in [5, 5.41) is 29.4. The van der Waals surface area contributed by atoms with Gasteiger partial charge in [-0.25, -0.2) is 4.79 Å². The van der Waals surface area contributed by atoms with Gasteiger partial charge in [0.05, 0.1) is 11.0 Å². The number of aryl methyl sites for hydroxylation is 1. The number of aliphatic carboxylic acids is 1. The number of anilines is 1. The maximum Gasteiger partial charge on any atom is 0.326 e. The van der Waals surface area contributed by atoms with Crippen molar-refractivity contribution < 1.29 is 19.9 Å². The Kier molecular flexibility index (Phi) is 3.39. The van der Waals surface area contributed by atoms with E-state index in [4.69, 9.17) is 5.11 Å². The summed E-state index contributed by atoms with van der Waals surface area (Å²) < 4.78 is 0. The summed E-state index contributed by atoms with van der Waals surface area (Å²) in [4.78, 5) is 22.9. The number of aliphatic hydroxyl groups excluding tert-OH is 1. The Hall–Kier alpha value is -2.15. The third-order valence-corrected chi connectivity index (χ3v) is 3.27. The molecule has 7 nitrogen and oxygen atoms in total. The Morgan fingerprint density at radius 3 is 2.74 bits per heavy atom. The van der Waals surface area contributed by atoms with Crippen molar-refractivity contribution in [1.29, 1.82) is 0 Å². The summed E-state index contributed by atoms with van der Waals surface area (Å²) in [6.07, 6.45) is -0.539. The smallest absolute Gasteiger partial charge is 0.326 e. The number of carboxylic acid groups (broad SMARTS) is 1. The average Bonchev–Trinajstić information content (AvgIpc) is 2.70. The molecular formula is C12H14N2O5. The minimum atomic E-state index is -1.01. The summed E-state index contributed by atoms with van der Waals surface area (Å²) in [5.74, 6) is -1.01. The number of benzene rings is 1. The van der Waals surface area contributed by atoms with Crippen molar-refractivity contribution in [3.8, 4) is 0 Å². The number of carbonyl (C=O) groups is 1. The topological polar surface area (TPSA) is 104 Å². The average molecular weight is 266 g/mol. The van der Waals surface area contributed by atoms with Crippen LogP contribution in [0.2, 0.25) is 0 Å². The highest BCUT2D eigenvalue weighted by atomic mass is 16.6. The van der Waals surface area contributed by atoms with E-state index in [9.17, 15) is 20.0 Å². The molecule has 0 unspecified atom stereocenters. The van der Waals surface area contributed by atoms with Crippen LogP contribution in [0.15, 0.2) is 18.2 Å². The molecule has 1 fully saturated rings. The molecular weight excluding hydrogens is 252 g/mol. The predicted octanol–water partition coefficient (Wildman–Crippen LogP) is 0.927. The lowest BCUT2D eigenvalue weighted by Gasteiger charge is -2.23. The summed E-state index contributed by atoms with van der Waals surface area (Å²) >= 11 is 0. The van der Waals surface area contributed by atoms with E-state index in [1.54, 1.807) is 17.9 Å². The van der Waals surface area contributed by atoms with Gasteiger partial charge in [-0.3, -0.25) is 10.1 Å². The second-order valence-corrected chi connectivity index (χ2v) is 4.62. The van der Waals surface area contributed by atoms with E-state index in [0.717, 1.165) is 0 Å². The third kappa shape index (κ3) is 2.50. The molecule has 102 valence electrons. The van der Waals surface area contributed by atoms with Crippen molar-refractivity contribution in [1.82, 2.24) is 0 Å². The van der Waals surface area contributed by atoms with Crippen LogP contribution < -0.4 is 4.90 Å². The van der Waals surface area contributed by atoms with Crippen LogP contribution in [0, 0.1) is 17.0 Å². The van der Waals surface area contributed by atoms with E-state index < -0.39 is 23.0 Å². The molecule has 1 saturated heterocycles. The van der Waals surface area contributed by atoms with Crippen molar-refractivity contribution in [2.45, 2.75) is 25.5 Å². The second kappa shape index (κ2) is 4.85. The Labute approximate surface area is 109 Å². The van der Waals surface area contributed by atoms with E-state index >= 15 is 0 Å². The molecule has 0 amide bonds. The number of aliphatic hydroxyl groups is 1. The molecule has 0 aliphatic carbocycles. The fraction of sp³-hybridized carbons (Fsp3) is 0.417. The molecule has 0 radical (unpaired) electrons. The van der Waals surface area contributed by atoms with E-state index in [0.29, 0.717) is 11.3 Å². The SMILES string of the molecule is Cc1cc(N2C[C@H](O)C[C@@H]2C(=O)O)ccc1[N+](=O)[O-]. The molecule has 1 aromatic carbocycles. The maximum atomic E-state index is 11.1. The fourth-order valence-corrected chi connectivity index (χ4v) is 2.36. The molecule has 1 aromatic rings. The molecule has 2 atom stereocenters. The quantitative estimate of drug-likeness (QED) is 0.623. The summed E-state index contributed by atoms with van der Waals surface area (Å²) in [7, 11) is 0. The van der Waals surface area contributed by atoms with Crippen molar-refractivity contribution in [3.63, 3.8) is 0 Å².